The van der Waals surface area contributed by atoms with Gasteiger partial charge in [0.05, 0.1) is 5.02 Å². The van der Waals surface area contributed by atoms with Gasteiger partial charge >= 0.3 is 0 Å². The Morgan fingerprint density at radius 2 is 1.85 bits per heavy atom. The van der Waals surface area contributed by atoms with Crippen molar-refractivity contribution in [1.29, 1.82) is 0 Å². The predicted molar refractivity (Wildman–Crippen MR) is 101 cm³/mol. The summed E-state index contributed by atoms with van der Waals surface area (Å²) in [5.74, 6) is -0.671. The van der Waals surface area contributed by atoms with Crippen LogP contribution in [0, 0.1) is 19.7 Å². The molecular formula is C19H16ClFN4O. The van der Waals surface area contributed by atoms with Crippen LogP contribution in [0.1, 0.15) is 21.7 Å². The van der Waals surface area contributed by atoms with Gasteiger partial charge in [-0.2, -0.15) is 0 Å². The molecule has 0 aliphatic heterocycles. The van der Waals surface area contributed by atoms with Gasteiger partial charge in [-0.15, -0.1) is 0 Å². The highest BCUT2D eigenvalue weighted by atomic mass is 35.5. The van der Waals surface area contributed by atoms with Gasteiger partial charge in [0, 0.05) is 17.1 Å². The zero-order chi connectivity index (χ0) is 18.7. The molecule has 0 aliphatic carbocycles. The summed E-state index contributed by atoms with van der Waals surface area (Å²) in [5.41, 5.74) is 3.12. The van der Waals surface area contributed by atoms with Crippen LogP contribution < -0.4 is 10.6 Å². The van der Waals surface area contributed by atoms with Crippen LogP contribution in [0.5, 0.6) is 0 Å². The molecule has 0 bridgehead atoms. The fourth-order valence-electron chi connectivity index (χ4n) is 2.36. The molecule has 3 aromatic rings. The minimum Gasteiger partial charge on any atom is -0.324 e. The van der Waals surface area contributed by atoms with Gasteiger partial charge in [-0.05, 0) is 55.8 Å². The molecule has 2 N–H and O–H groups in total. The summed E-state index contributed by atoms with van der Waals surface area (Å²) in [6.45, 7) is 3.75. The van der Waals surface area contributed by atoms with E-state index in [2.05, 4.69) is 20.6 Å². The molecule has 26 heavy (non-hydrogen) atoms. The quantitative estimate of drug-likeness (QED) is 0.686. The second kappa shape index (κ2) is 7.49. The van der Waals surface area contributed by atoms with E-state index in [0.29, 0.717) is 17.3 Å². The molecule has 0 aliphatic rings. The van der Waals surface area contributed by atoms with Crippen molar-refractivity contribution in [2.75, 3.05) is 10.6 Å². The Bertz CT molecular complexity index is 978. The van der Waals surface area contributed by atoms with E-state index in [1.165, 1.54) is 18.2 Å². The summed E-state index contributed by atoms with van der Waals surface area (Å²) < 4.78 is 13.2. The van der Waals surface area contributed by atoms with E-state index >= 15 is 0 Å². The predicted octanol–water partition coefficient (Wildman–Crippen LogP) is 4.88. The Labute approximate surface area is 155 Å². The molecule has 0 radical (unpaired) electrons. The molecule has 0 atom stereocenters. The number of hydrogen-bond donors (Lipinski definition) is 2. The lowest BCUT2D eigenvalue weighted by molar-refractivity contribution is 0.102. The number of nitrogens with zero attached hydrogens (tertiary/aromatic N) is 2. The molecule has 7 heteroatoms. The number of rotatable bonds is 4. The van der Waals surface area contributed by atoms with Crippen molar-refractivity contribution >= 4 is 34.8 Å². The molecule has 2 aromatic carbocycles. The number of nitrogens with one attached hydrogen (secondary N) is 2. The smallest absolute Gasteiger partial charge is 0.274 e. The van der Waals surface area contributed by atoms with Gasteiger partial charge in [0.2, 0.25) is 5.95 Å². The van der Waals surface area contributed by atoms with Crippen molar-refractivity contribution in [1.82, 2.24) is 9.97 Å². The molecule has 0 unspecified atom stereocenters. The van der Waals surface area contributed by atoms with Crippen LogP contribution in [0.3, 0.4) is 0 Å². The monoisotopic (exact) mass is 370 g/mol. The Hall–Kier alpha value is -2.99. The van der Waals surface area contributed by atoms with Crippen molar-refractivity contribution in [3.8, 4) is 0 Å². The molecule has 0 spiro atoms. The molecule has 5 nitrogen and oxygen atoms in total. The first-order valence-electron chi connectivity index (χ1n) is 7.86. The van der Waals surface area contributed by atoms with Crippen LogP contribution in [0.25, 0.3) is 0 Å². The van der Waals surface area contributed by atoms with Crippen molar-refractivity contribution in [3.05, 3.63) is 76.3 Å². The second-order valence-electron chi connectivity index (χ2n) is 5.80. The standard InChI is InChI=1S/C19H16ClFN4O/c1-11-4-3-5-13(8-11)24-19-22-12(2)9-17(25-19)18(26)23-14-6-7-16(21)15(20)10-14/h3-10H,1-2H3,(H,23,26)(H,22,24,25). The van der Waals surface area contributed by atoms with Crippen molar-refractivity contribution < 1.29 is 9.18 Å². The Morgan fingerprint density at radius 3 is 2.58 bits per heavy atom. The van der Waals surface area contributed by atoms with Crippen LogP contribution in [0.4, 0.5) is 21.7 Å². The minimum atomic E-state index is -0.549. The highest BCUT2D eigenvalue weighted by Crippen LogP contribution is 2.20. The van der Waals surface area contributed by atoms with Crippen LogP contribution in [-0.4, -0.2) is 15.9 Å². The summed E-state index contributed by atoms with van der Waals surface area (Å²) in [5, 5.41) is 5.67. The van der Waals surface area contributed by atoms with Gasteiger partial charge < -0.3 is 10.6 Å². The zero-order valence-corrected chi connectivity index (χ0v) is 14.9. The van der Waals surface area contributed by atoms with E-state index < -0.39 is 11.7 Å². The summed E-state index contributed by atoms with van der Waals surface area (Å²) in [6.07, 6.45) is 0. The highest BCUT2D eigenvalue weighted by Gasteiger charge is 2.12. The number of benzene rings is 2. The number of hydrogen-bond acceptors (Lipinski definition) is 4. The number of halogens is 2. The first kappa shape index (κ1) is 17.8. The SMILES string of the molecule is Cc1cccc(Nc2nc(C)cc(C(=O)Nc3ccc(F)c(Cl)c3)n2)c1. The topological polar surface area (TPSA) is 66.9 Å². The van der Waals surface area contributed by atoms with Gasteiger partial charge in [0.25, 0.3) is 5.91 Å². The third-order valence-electron chi connectivity index (χ3n) is 3.54. The number of aryl methyl sites for hydroxylation is 2. The van der Waals surface area contributed by atoms with E-state index in [0.717, 1.165) is 11.3 Å². The summed E-state index contributed by atoms with van der Waals surface area (Å²) >= 11 is 5.73. The van der Waals surface area contributed by atoms with Gasteiger partial charge in [-0.25, -0.2) is 14.4 Å². The minimum absolute atomic E-state index is 0.0662. The maximum atomic E-state index is 13.2. The lowest BCUT2D eigenvalue weighted by Crippen LogP contribution is -2.15. The summed E-state index contributed by atoms with van der Waals surface area (Å²) in [4.78, 5) is 21.0. The molecule has 1 amide bonds. The molecule has 1 heterocycles. The molecular weight excluding hydrogens is 355 g/mol. The Kier molecular flexibility index (Phi) is 5.14. The Morgan fingerprint density at radius 1 is 1.04 bits per heavy atom. The van der Waals surface area contributed by atoms with Crippen LogP contribution in [-0.2, 0) is 0 Å². The summed E-state index contributed by atoms with van der Waals surface area (Å²) in [6, 6.07) is 13.3. The van der Waals surface area contributed by atoms with Gasteiger partial charge in [-0.3, -0.25) is 4.79 Å². The van der Waals surface area contributed by atoms with E-state index in [4.69, 9.17) is 11.6 Å². The fourth-order valence-corrected chi connectivity index (χ4v) is 2.54. The third-order valence-corrected chi connectivity index (χ3v) is 3.83. The normalized spacial score (nSPS) is 10.5. The molecule has 1 aromatic heterocycles. The second-order valence-corrected chi connectivity index (χ2v) is 6.20. The average molecular weight is 371 g/mol. The Balaban J connectivity index is 1.82. The number of anilines is 3. The van der Waals surface area contributed by atoms with E-state index in [9.17, 15) is 9.18 Å². The number of carbonyl (C=O) groups excluding carboxylic acids is 1. The maximum Gasteiger partial charge on any atom is 0.274 e. The largest absolute Gasteiger partial charge is 0.324 e. The number of carbonyl (C=O) groups is 1. The molecule has 132 valence electrons. The van der Waals surface area contributed by atoms with Crippen LogP contribution in [0.15, 0.2) is 48.5 Å². The lowest BCUT2D eigenvalue weighted by atomic mass is 10.2. The zero-order valence-electron chi connectivity index (χ0n) is 14.2. The van der Waals surface area contributed by atoms with Crippen LogP contribution >= 0.6 is 11.6 Å². The van der Waals surface area contributed by atoms with Crippen molar-refractivity contribution in [3.63, 3.8) is 0 Å². The molecule has 0 fully saturated rings. The fraction of sp³-hybridized carbons (Fsp3) is 0.105. The first-order chi connectivity index (χ1) is 12.4. The summed E-state index contributed by atoms with van der Waals surface area (Å²) in [7, 11) is 0. The van der Waals surface area contributed by atoms with Gasteiger partial charge in [0.15, 0.2) is 0 Å². The van der Waals surface area contributed by atoms with Crippen molar-refractivity contribution in [2.45, 2.75) is 13.8 Å². The van der Waals surface area contributed by atoms with Gasteiger partial charge in [0.1, 0.15) is 11.5 Å². The van der Waals surface area contributed by atoms with E-state index in [1.807, 2.05) is 31.2 Å². The lowest BCUT2D eigenvalue weighted by Gasteiger charge is -2.09. The third kappa shape index (κ3) is 4.34. The highest BCUT2D eigenvalue weighted by molar-refractivity contribution is 6.31. The molecule has 0 saturated carbocycles. The van der Waals surface area contributed by atoms with Crippen LogP contribution in [0.2, 0.25) is 5.02 Å². The number of aromatic nitrogens is 2. The van der Waals surface area contributed by atoms with E-state index in [1.54, 1.807) is 13.0 Å². The average Bonchev–Trinajstić information content (AvgIpc) is 2.57. The molecule has 3 rings (SSSR count). The number of amides is 1. The maximum absolute atomic E-state index is 13.2. The molecule has 0 saturated heterocycles. The van der Waals surface area contributed by atoms with Crippen molar-refractivity contribution in [2.24, 2.45) is 0 Å². The first-order valence-corrected chi connectivity index (χ1v) is 8.24. The van der Waals surface area contributed by atoms with E-state index in [-0.39, 0.29) is 10.7 Å². The van der Waals surface area contributed by atoms with Gasteiger partial charge in [-0.1, -0.05) is 23.7 Å².